The molecule has 2 aromatic heterocycles. The van der Waals surface area contributed by atoms with Crippen molar-refractivity contribution in [3.63, 3.8) is 0 Å². The average Bonchev–Trinajstić information content (AvgIpc) is 3.08. The van der Waals surface area contributed by atoms with Gasteiger partial charge in [-0.2, -0.15) is 5.10 Å². The number of ether oxygens (including phenoxy) is 1. The number of carbonyl (C=O) groups excluding carboxylic acids is 1. The Morgan fingerprint density at radius 3 is 2.93 bits per heavy atom. The number of primary amides is 1. The zero-order chi connectivity index (χ0) is 19.0. The molecule has 7 nitrogen and oxygen atoms in total. The van der Waals surface area contributed by atoms with Crippen LogP contribution < -0.4 is 5.73 Å². The van der Waals surface area contributed by atoms with E-state index in [0.29, 0.717) is 6.04 Å². The zero-order valence-electron chi connectivity index (χ0n) is 15.6. The van der Waals surface area contributed by atoms with Gasteiger partial charge in [-0.05, 0) is 30.2 Å². The Hall–Kier alpha value is -2.77. The van der Waals surface area contributed by atoms with Crippen molar-refractivity contribution in [1.82, 2.24) is 19.7 Å². The number of rotatable bonds is 4. The lowest BCUT2D eigenvalue weighted by molar-refractivity contribution is -0.00435. The van der Waals surface area contributed by atoms with Gasteiger partial charge in [0, 0.05) is 43.3 Å². The molecular weight excluding hydrogens is 342 g/mol. The van der Waals surface area contributed by atoms with Gasteiger partial charge in [0.1, 0.15) is 5.69 Å². The number of amides is 1. The van der Waals surface area contributed by atoms with Crippen molar-refractivity contribution in [3.8, 4) is 11.1 Å². The second-order valence-electron chi connectivity index (χ2n) is 7.07. The lowest BCUT2D eigenvalue weighted by Crippen LogP contribution is -2.42. The first-order chi connectivity index (χ1) is 13.0. The first-order valence-corrected chi connectivity index (χ1v) is 9.05. The number of aromatic nitrogens is 3. The third-order valence-corrected chi connectivity index (χ3v) is 5.03. The van der Waals surface area contributed by atoms with Gasteiger partial charge in [0.15, 0.2) is 0 Å². The van der Waals surface area contributed by atoms with Crippen LogP contribution in [-0.2, 0) is 18.3 Å². The van der Waals surface area contributed by atoms with E-state index in [1.807, 2.05) is 19.3 Å². The molecule has 1 aromatic carbocycles. The topological polar surface area (TPSA) is 86.3 Å². The minimum atomic E-state index is -0.533. The van der Waals surface area contributed by atoms with Crippen molar-refractivity contribution in [2.24, 2.45) is 12.8 Å². The van der Waals surface area contributed by atoms with E-state index in [9.17, 15) is 4.79 Å². The van der Waals surface area contributed by atoms with Crippen LogP contribution in [0.25, 0.3) is 22.0 Å². The van der Waals surface area contributed by atoms with Crippen LogP contribution in [0.3, 0.4) is 0 Å². The van der Waals surface area contributed by atoms with Gasteiger partial charge in [0.2, 0.25) is 0 Å². The third kappa shape index (κ3) is 3.56. The molecule has 3 aromatic rings. The van der Waals surface area contributed by atoms with Crippen molar-refractivity contribution in [1.29, 1.82) is 0 Å². The van der Waals surface area contributed by atoms with E-state index in [0.717, 1.165) is 53.9 Å². The molecule has 27 heavy (non-hydrogen) atoms. The van der Waals surface area contributed by atoms with Crippen LogP contribution in [-0.4, -0.2) is 51.4 Å². The molecule has 3 heterocycles. The van der Waals surface area contributed by atoms with Gasteiger partial charge in [-0.3, -0.25) is 14.4 Å². The number of pyridine rings is 1. The smallest absolute Gasteiger partial charge is 0.267 e. The molecule has 1 amide bonds. The Labute approximate surface area is 157 Å². The Bertz CT molecular complexity index is 997. The van der Waals surface area contributed by atoms with E-state index >= 15 is 0 Å². The summed E-state index contributed by atoms with van der Waals surface area (Å²) in [5.74, 6) is -0.533. The summed E-state index contributed by atoms with van der Waals surface area (Å²) in [4.78, 5) is 18.7. The molecule has 0 saturated carbocycles. The summed E-state index contributed by atoms with van der Waals surface area (Å²) in [6.07, 6.45) is 3.70. The molecular formula is C20H23N5O2. The lowest BCUT2D eigenvalue weighted by Gasteiger charge is -2.33. The van der Waals surface area contributed by atoms with Crippen LogP contribution in [0.5, 0.6) is 0 Å². The molecule has 0 unspecified atom stereocenters. The second kappa shape index (κ2) is 7.09. The third-order valence-electron chi connectivity index (χ3n) is 5.03. The summed E-state index contributed by atoms with van der Waals surface area (Å²) in [6.45, 7) is 5.42. The number of nitrogens with zero attached hydrogens (tertiary/aromatic N) is 4. The van der Waals surface area contributed by atoms with Gasteiger partial charge >= 0.3 is 0 Å². The lowest BCUT2D eigenvalue weighted by atomic mass is 10.0. The predicted octanol–water partition coefficient (Wildman–Crippen LogP) is 1.95. The van der Waals surface area contributed by atoms with E-state index in [-0.39, 0.29) is 5.69 Å². The summed E-state index contributed by atoms with van der Waals surface area (Å²) in [5.41, 5.74) is 9.55. The molecule has 0 bridgehead atoms. The Balaban J connectivity index is 1.77. The highest BCUT2D eigenvalue weighted by Gasteiger charge is 2.19. The van der Waals surface area contributed by atoms with E-state index in [4.69, 9.17) is 10.5 Å². The monoisotopic (exact) mass is 365 g/mol. The van der Waals surface area contributed by atoms with Crippen molar-refractivity contribution in [2.75, 3.05) is 19.8 Å². The highest BCUT2D eigenvalue weighted by Crippen LogP contribution is 2.29. The van der Waals surface area contributed by atoms with Gasteiger partial charge in [-0.1, -0.05) is 12.1 Å². The normalized spacial score (nSPS) is 18.1. The number of carbonyl (C=O) groups is 1. The number of aryl methyl sites for hydroxylation is 1. The maximum Gasteiger partial charge on any atom is 0.267 e. The molecule has 0 spiro atoms. The average molecular weight is 365 g/mol. The van der Waals surface area contributed by atoms with Crippen LogP contribution in [0, 0.1) is 0 Å². The molecule has 2 N–H and O–H groups in total. The fourth-order valence-corrected chi connectivity index (χ4v) is 3.53. The first kappa shape index (κ1) is 17.6. The summed E-state index contributed by atoms with van der Waals surface area (Å²) in [5, 5.41) is 5.22. The van der Waals surface area contributed by atoms with Gasteiger partial charge in [-0.15, -0.1) is 0 Å². The summed E-state index contributed by atoms with van der Waals surface area (Å²) >= 11 is 0. The summed E-state index contributed by atoms with van der Waals surface area (Å²) in [6, 6.07) is 8.35. The molecule has 1 saturated heterocycles. The van der Waals surface area contributed by atoms with Gasteiger partial charge < -0.3 is 10.5 Å². The number of nitrogens with two attached hydrogens (primary N) is 1. The van der Waals surface area contributed by atoms with Crippen molar-refractivity contribution in [2.45, 2.75) is 19.5 Å². The fraction of sp³-hybridized carbons (Fsp3) is 0.350. The van der Waals surface area contributed by atoms with E-state index in [1.165, 1.54) is 0 Å². The predicted molar refractivity (Wildman–Crippen MR) is 103 cm³/mol. The SMILES string of the molecule is C[C@H]1COCCN1Cc1ccc2c(-c3cnn(C)c3)cc(C(N)=O)nc2c1. The quantitative estimate of drug-likeness (QED) is 0.764. The standard InChI is InChI=1S/C20H23N5O2/c1-13-12-27-6-5-25(13)10-14-3-4-16-17(15-9-22-24(2)11-15)8-19(20(21)26)23-18(16)7-14/h3-4,7-9,11,13H,5-6,10,12H2,1-2H3,(H2,21,26)/t13-/m0/s1. The molecule has 0 aliphatic carbocycles. The van der Waals surface area contributed by atoms with Gasteiger partial charge in [0.05, 0.1) is 24.9 Å². The number of fused-ring (bicyclic) bond motifs is 1. The Morgan fingerprint density at radius 2 is 2.22 bits per heavy atom. The highest BCUT2D eigenvalue weighted by molar-refractivity contribution is 6.00. The van der Waals surface area contributed by atoms with Crippen LogP contribution in [0.2, 0.25) is 0 Å². The van der Waals surface area contributed by atoms with Crippen LogP contribution in [0.4, 0.5) is 0 Å². The Kier molecular flexibility index (Phi) is 4.63. The molecule has 0 radical (unpaired) electrons. The highest BCUT2D eigenvalue weighted by atomic mass is 16.5. The van der Waals surface area contributed by atoms with Crippen molar-refractivity contribution >= 4 is 16.8 Å². The number of hydrogen-bond acceptors (Lipinski definition) is 5. The first-order valence-electron chi connectivity index (χ1n) is 9.05. The maximum absolute atomic E-state index is 11.8. The summed E-state index contributed by atoms with van der Waals surface area (Å²) in [7, 11) is 1.86. The minimum Gasteiger partial charge on any atom is -0.379 e. The largest absolute Gasteiger partial charge is 0.379 e. The molecule has 4 rings (SSSR count). The molecule has 1 fully saturated rings. The minimum absolute atomic E-state index is 0.262. The summed E-state index contributed by atoms with van der Waals surface area (Å²) < 4.78 is 7.25. The van der Waals surface area contributed by atoms with E-state index < -0.39 is 5.91 Å². The van der Waals surface area contributed by atoms with Crippen LogP contribution in [0.1, 0.15) is 23.0 Å². The van der Waals surface area contributed by atoms with Crippen molar-refractivity contribution in [3.05, 3.63) is 47.9 Å². The maximum atomic E-state index is 11.8. The second-order valence-corrected chi connectivity index (χ2v) is 7.07. The zero-order valence-corrected chi connectivity index (χ0v) is 15.6. The molecule has 1 atom stereocenters. The molecule has 1 aliphatic heterocycles. The molecule has 140 valence electrons. The van der Waals surface area contributed by atoms with Gasteiger partial charge in [-0.25, -0.2) is 4.98 Å². The molecule has 7 heteroatoms. The number of benzene rings is 1. The van der Waals surface area contributed by atoms with Crippen molar-refractivity contribution < 1.29 is 9.53 Å². The fourth-order valence-electron chi connectivity index (χ4n) is 3.53. The van der Waals surface area contributed by atoms with E-state index in [2.05, 4.69) is 34.0 Å². The van der Waals surface area contributed by atoms with Crippen LogP contribution >= 0.6 is 0 Å². The van der Waals surface area contributed by atoms with E-state index in [1.54, 1.807) is 16.9 Å². The number of morpholine rings is 1. The Morgan fingerprint density at radius 1 is 1.37 bits per heavy atom. The van der Waals surface area contributed by atoms with Gasteiger partial charge in [0.25, 0.3) is 5.91 Å². The number of hydrogen-bond donors (Lipinski definition) is 1. The van der Waals surface area contributed by atoms with Crippen LogP contribution in [0.15, 0.2) is 36.7 Å². The molecule has 1 aliphatic rings.